The Hall–Kier alpha value is -0.446. The largest absolute Gasteiger partial charge is 0.146 e. The third kappa shape index (κ3) is 5.27. The van der Waals surface area contributed by atoms with Gasteiger partial charge in [-0.15, -0.1) is 11.1 Å². The Morgan fingerprint density at radius 1 is 0.440 bits per heavy atom. The van der Waals surface area contributed by atoms with E-state index in [1.807, 2.05) is 0 Å². The van der Waals surface area contributed by atoms with Gasteiger partial charge in [-0.3, -0.25) is 0 Å². The van der Waals surface area contributed by atoms with Gasteiger partial charge in [0, 0.05) is 0 Å². The topological polar surface area (TPSA) is 0 Å². The summed E-state index contributed by atoms with van der Waals surface area (Å²) in [5.41, 5.74) is 11.8. The third-order valence-corrected chi connectivity index (χ3v) is 19.2. The van der Waals surface area contributed by atoms with E-state index < -0.39 is 16.1 Å². The van der Waals surface area contributed by atoms with E-state index in [1.165, 1.54) is 0 Å². The molecule has 0 heterocycles. The summed E-state index contributed by atoms with van der Waals surface area (Å²) in [6.07, 6.45) is 0.752. The third-order valence-electron chi connectivity index (χ3n) is 6.52. The van der Waals surface area contributed by atoms with Gasteiger partial charge < -0.3 is 0 Å². The maximum atomic E-state index is 3.81. The predicted octanol–water partition coefficient (Wildman–Crippen LogP) is 7.82. The summed E-state index contributed by atoms with van der Waals surface area (Å²) in [6, 6.07) is 0. The van der Waals surface area contributed by atoms with Crippen LogP contribution in [0.1, 0.15) is 89.5 Å². The van der Waals surface area contributed by atoms with E-state index in [0.717, 1.165) is 6.42 Å². The van der Waals surface area contributed by atoms with E-state index in [4.69, 9.17) is 0 Å². The lowest BCUT2D eigenvalue weighted by atomic mass is 10.5. The van der Waals surface area contributed by atoms with E-state index in [2.05, 4.69) is 106 Å². The van der Waals surface area contributed by atoms with Crippen molar-refractivity contribution in [2.75, 3.05) is 0 Å². The second-order valence-electron chi connectivity index (χ2n) is 9.57. The van der Waals surface area contributed by atoms with Crippen molar-refractivity contribution in [2.45, 2.75) is 123 Å². The molecule has 0 bridgehead atoms. The highest BCUT2D eigenvalue weighted by molar-refractivity contribution is 6.91. The summed E-state index contributed by atoms with van der Waals surface area (Å²) < 4.78 is 0. The lowest BCUT2D eigenvalue weighted by Crippen LogP contribution is -2.43. The first-order chi connectivity index (χ1) is 11.4. The van der Waals surface area contributed by atoms with Crippen LogP contribution in [0.3, 0.4) is 0 Å². The zero-order valence-electron chi connectivity index (χ0n) is 19.2. The predicted molar refractivity (Wildman–Crippen MR) is 122 cm³/mol. The van der Waals surface area contributed by atoms with Crippen molar-refractivity contribution in [3.05, 3.63) is 0 Å². The molecular weight excluding hydrogens is 332 g/mol. The standard InChI is InChI=1S/C23H44Si2/c1-18(2)24(19(3)4,20(5)6)16-14-13-15-17-25(21(7)8,22(9)10)23(11)12/h18-23H,13H2,1-12H3. The van der Waals surface area contributed by atoms with Crippen molar-refractivity contribution in [3.8, 4) is 22.9 Å². The lowest BCUT2D eigenvalue weighted by Gasteiger charge is -2.38. The van der Waals surface area contributed by atoms with Crippen molar-refractivity contribution in [1.82, 2.24) is 0 Å². The number of hydrogen-bond donors (Lipinski definition) is 0. The van der Waals surface area contributed by atoms with Crippen LogP contribution in [-0.2, 0) is 0 Å². The van der Waals surface area contributed by atoms with Gasteiger partial charge in [0.2, 0.25) is 0 Å². The minimum atomic E-state index is -1.61. The van der Waals surface area contributed by atoms with Crippen LogP contribution in [0, 0.1) is 22.9 Å². The van der Waals surface area contributed by atoms with Crippen molar-refractivity contribution in [3.63, 3.8) is 0 Å². The van der Waals surface area contributed by atoms with Gasteiger partial charge in [0.05, 0.1) is 6.42 Å². The van der Waals surface area contributed by atoms with Crippen molar-refractivity contribution in [2.24, 2.45) is 0 Å². The van der Waals surface area contributed by atoms with E-state index in [-0.39, 0.29) is 0 Å². The Labute approximate surface area is 162 Å². The number of hydrogen-bond acceptors (Lipinski definition) is 0. The Morgan fingerprint density at radius 3 is 0.800 bits per heavy atom. The first kappa shape index (κ1) is 24.6. The molecule has 25 heavy (non-hydrogen) atoms. The molecule has 0 aromatic heterocycles. The monoisotopic (exact) mass is 376 g/mol. The fraction of sp³-hybridized carbons (Fsp3) is 0.826. The van der Waals surface area contributed by atoms with Gasteiger partial charge in [-0.1, -0.05) is 94.9 Å². The highest BCUT2D eigenvalue weighted by atomic mass is 28.3. The fourth-order valence-corrected chi connectivity index (χ4v) is 15.8. The van der Waals surface area contributed by atoms with E-state index in [9.17, 15) is 0 Å². The van der Waals surface area contributed by atoms with Gasteiger partial charge in [-0.05, 0) is 33.2 Å². The maximum Gasteiger partial charge on any atom is 0.146 e. The van der Waals surface area contributed by atoms with E-state index >= 15 is 0 Å². The normalized spacial score (nSPS) is 12.9. The first-order valence-corrected chi connectivity index (χ1v) is 14.8. The van der Waals surface area contributed by atoms with Crippen LogP contribution in [0.5, 0.6) is 0 Å². The summed E-state index contributed by atoms with van der Waals surface area (Å²) in [6.45, 7) is 28.5. The van der Waals surface area contributed by atoms with Crippen LogP contribution >= 0.6 is 0 Å². The summed E-state index contributed by atoms with van der Waals surface area (Å²) >= 11 is 0. The molecule has 0 unspecified atom stereocenters. The molecule has 0 radical (unpaired) electrons. The van der Waals surface area contributed by atoms with E-state index in [0.29, 0.717) is 33.2 Å². The zero-order chi connectivity index (χ0) is 20.0. The Balaban J connectivity index is 5.64. The molecule has 0 atom stereocenters. The average Bonchev–Trinajstić information content (AvgIpc) is 2.44. The van der Waals surface area contributed by atoms with Crippen molar-refractivity contribution >= 4 is 16.1 Å². The smallest absolute Gasteiger partial charge is 0.129 e. The van der Waals surface area contributed by atoms with Crippen LogP contribution in [0.4, 0.5) is 0 Å². The molecule has 0 saturated carbocycles. The first-order valence-electron chi connectivity index (χ1n) is 10.4. The molecule has 0 aliphatic heterocycles. The molecule has 0 aliphatic carbocycles. The summed E-state index contributed by atoms with van der Waals surface area (Å²) in [4.78, 5) is 0. The molecule has 0 saturated heterocycles. The molecule has 0 aromatic carbocycles. The van der Waals surface area contributed by atoms with Crippen LogP contribution in [0.15, 0.2) is 0 Å². The van der Waals surface area contributed by atoms with Crippen LogP contribution in [0.25, 0.3) is 0 Å². The van der Waals surface area contributed by atoms with Crippen molar-refractivity contribution < 1.29 is 0 Å². The van der Waals surface area contributed by atoms with Crippen LogP contribution in [0.2, 0.25) is 33.2 Å². The van der Waals surface area contributed by atoms with Gasteiger partial charge in [0.1, 0.15) is 16.1 Å². The molecular formula is C23H44Si2. The summed E-state index contributed by atoms with van der Waals surface area (Å²) in [5, 5.41) is 0. The molecule has 0 spiro atoms. The SMILES string of the molecule is CC(C)[Si](C#CCC#C[Si](C(C)C)(C(C)C)C(C)C)(C(C)C)C(C)C. The minimum Gasteiger partial charge on any atom is -0.129 e. The van der Waals surface area contributed by atoms with Crippen LogP contribution in [-0.4, -0.2) is 16.1 Å². The Bertz CT molecular complexity index is 424. The minimum absolute atomic E-state index is 0.698. The van der Waals surface area contributed by atoms with E-state index in [1.54, 1.807) is 0 Å². The van der Waals surface area contributed by atoms with Crippen LogP contribution < -0.4 is 0 Å². The molecule has 0 nitrogen and oxygen atoms in total. The number of rotatable bonds is 6. The van der Waals surface area contributed by atoms with Gasteiger partial charge in [0.25, 0.3) is 0 Å². The molecule has 0 aromatic rings. The van der Waals surface area contributed by atoms with Gasteiger partial charge in [0.15, 0.2) is 0 Å². The molecule has 144 valence electrons. The highest BCUT2D eigenvalue weighted by Crippen LogP contribution is 2.41. The quantitative estimate of drug-likeness (QED) is 0.327. The van der Waals surface area contributed by atoms with Gasteiger partial charge in [-0.25, -0.2) is 0 Å². The molecule has 0 aliphatic rings. The second kappa shape index (κ2) is 10.0. The summed E-state index contributed by atoms with van der Waals surface area (Å²) in [5.74, 6) is 7.04. The highest BCUT2D eigenvalue weighted by Gasteiger charge is 2.42. The Kier molecular flexibility index (Phi) is 9.86. The molecule has 0 N–H and O–H groups in total. The molecule has 0 fully saturated rings. The maximum absolute atomic E-state index is 3.81. The molecule has 0 rings (SSSR count). The zero-order valence-corrected chi connectivity index (χ0v) is 21.2. The van der Waals surface area contributed by atoms with Crippen molar-refractivity contribution in [1.29, 1.82) is 0 Å². The molecule has 2 heteroatoms. The van der Waals surface area contributed by atoms with Gasteiger partial charge in [-0.2, -0.15) is 0 Å². The van der Waals surface area contributed by atoms with Gasteiger partial charge >= 0.3 is 0 Å². The Morgan fingerprint density at radius 2 is 0.640 bits per heavy atom. The fourth-order valence-electron chi connectivity index (χ4n) is 5.30. The molecule has 0 amide bonds. The lowest BCUT2D eigenvalue weighted by molar-refractivity contribution is 0.838. The average molecular weight is 377 g/mol. The summed E-state index contributed by atoms with van der Waals surface area (Å²) in [7, 11) is -3.21. The second-order valence-corrected chi connectivity index (χ2v) is 20.7.